The molecule has 3 aromatic carbocycles. The van der Waals surface area contributed by atoms with Crippen molar-refractivity contribution < 1.29 is 28.3 Å². The highest BCUT2D eigenvalue weighted by atomic mass is 79.9. The quantitative estimate of drug-likeness (QED) is 0.154. The number of rotatable bonds is 8. The van der Waals surface area contributed by atoms with Gasteiger partial charge in [0.2, 0.25) is 5.90 Å². The summed E-state index contributed by atoms with van der Waals surface area (Å²) in [6, 6.07) is 15.1. The molecule has 0 saturated carbocycles. The van der Waals surface area contributed by atoms with E-state index >= 15 is 0 Å². The van der Waals surface area contributed by atoms with E-state index in [0.29, 0.717) is 39.3 Å². The van der Waals surface area contributed by atoms with Crippen molar-refractivity contribution in [2.75, 3.05) is 6.61 Å². The third-order valence-corrected chi connectivity index (χ3v) is 5.42. The van der Waals surface area contributed by atoms with Crippen LogP contribution in [-0.4, -0.2) is 23.4 Å². The number of nitro groups is 1. The lowest BCUT2D eigenvalue weighted by Crippen LogP contribution is -2.05. The highest BCUT2D eigenvalue weighted by molar-refractivity contribution is 9.10. The number of carbonyl (C=O) groups is 1. The molecule has 0 fully saturated rings. The van der Waals surface area contributed by atoms with Crippen molar-refractivity contribution >= 4 is 39.6 Å². The number of hydrogen-bond acceptors (Lipinski definition) is 7. The van der Waals surface area contributed by atoms with Crippen molar-refractivity contribution in [3.05, 3.63) is 103 Å². The van der Waals surface area contributed by atoms with E-state index < -0.39 is 16.7 Å². The van der Waals surface area contributed by atoms with Crippen molar-refractivity contribution in [2.45, 2.75) is 13.5 Å². The van der Waals surface area contributed by atoms with E-state index in [-0.39, 0.29) is 23.9 Å². The van der Waals surface area contributed by atoms with E-state index in [4.69, 9.17) is 14.2 Å². The molecule has 178 valence electrons. The van der Waals surface area contributed by atoms with E-state index in [1.807, 2.05) is 6.92 Å². The Hall–Kier alpha value is -4.05. The molecule has 0 aromatic heterocycles. The van der Waals surface area contributed by atoms with Crippen molar-refractivity contribution in [3.63, 3.8) is 0 Å². The second kappa shape index (κ2) is 10.5. The number of aliphatic imine (C=N–C) groups is 1. The van der Waals surface area contributed by atoms with Gasteiger partial charge in [-0.05, 0) is 70.4 Å². The third kappa shape index (κ3) is 5.72. The van der Waals surface area contributed by atoms with Crippen molar-refractivity contribution in [2.24, 2.45) is 4.99 Å². The summed E-state index contributed by atoms with van der Waals surface area (Å²) in [7, 11) is 0. The van der Waals surface area contributed by atoms with Gasteiger partial charge in [0.25, 0.3) is 5.69 Å². The number of nitrogens with zero attached hydrogens (tertiary/aromatic N) is 2. The maximum Gasteiger partial charge on any atom is 0.363 e. The van der Waals surface area contributed by atoms with Gasteiger partial charge in [0.1, 0.15) is 12.4 Å². The number of cyclic esters (lactones) is 1. The predicted octanol–water partition coefficient (Wildman–Crippen LogP) is 5.82. The molecule has 4 rings (SSSR count). The molecule has 0 N–H and O–H groups in total. The van der Waals surface area contributed by atoms with Crippen molar-refractivity contribution in [1.29, 1.82) is 0 Å². The number of hydrogen-bond donors (Lipinski definition) is 0. The molecule has 0 amide bonds. The molecule has 8 nitrogen and oxygen atoms in total. The van der Waals surface area contributed by atoms with Gasteiger partial charge in [-0.2, -0.15) is 0 Å². The van der Waals surface area contributed by atoms with Crippen LogP contribution in [0.2, 0.25) is 0 Å². The van der Waals surface area contributed by atoms with Crippen LogP contribution < -0.4 is 9.47 Å². The molecule has 1 aliphatic heterocycles. The van der Waals surface area contributed by atoms with Crippen molar-refractivity contribution in [1.82, 2.24) is 0 Å². The summed E-state index contributed by atoms with van der Waals surface area (Å²) < 4.78 is 30.9. The zero-order chi connectivity index (χ0) is 24.9. The molecular weight excluding hydrogens is 523 g/mol. The number of halogens is 2. The fourth-order valence-electron chi connectivity index (χ4n) is 3.30. The molecule has 0 bridgehead atoms. The molecule has 0 atom stereocenters. The van der Waals surface area contributed by atoms with Crippen LogP contribution in [0.15, 0.2) is 75.8 Å². The lowest BCUT2D eigenvalue weighted by atomic mass is 10.1. The lowest BCUT2D eigenvalue weighted by molar-refractivity contribution is -0.384. The van der Waals surface area contributed by atoms with Crippen LogP contribution in [0.1, 0.15) is 23.6 Å². The number of benzene rings is 3. The smallest absolute Gasteiger partial charge is 0.363 e. The average molecular weight is 541 g/mol. The summed E-state index contributed by atoms with van der Waals surface area (Å²) in [5, 5.41) is 11.0. The first-order valence-electron chi connectivity index (χ1n) is 10.4. The highest BCUT2D eigenvalue weighted by Gasteiger charge is 2.25. The number of ether oxygens (including phenoxy) is 3. The topological polar surface area (TPSA) is 100 Å². The normalized spacial score (nSPS) is 14.0. The Morgan fingerprint density at radius 1 is 1.14 bits per heavy atom. The SMILES string of the molecule is CCOc1cc(/C=C2\N=C(c3cccc(F)c3)OC2=O)cc(Br)c1OCc1cccc([N+](=O)[O-])c1. The predicted molar refractivity (Wildman–Crippen MR) is 130 cm³/mol. The maximum absolute atomic E-state index is 13.5. The van der Waals surface area contributed by atoms with Gasteiger partial charge in [-0.25, -0.2) is 14.2 Å². The zero-order valence-corrected chi connectivity index (χ0v) is 20.0. The van der Waals surface area contributed by atoms with Crippen molar-refractivity contribution in [3.8, 4) is 11.5 Å². The monoisotopic (exact) mass is 540 g/mol. The summed E-state index contributed by atoms with van der Waals surface area (Å²) in [5.74, 6) is -0.311. The van der Waals surface area contributed by atoms with Gasteiger partial charge >= 0.3 is 5.97 Å². The Balaban J connectivity index is 1.60. The van der Waals surface area contributed by atoms with Gasteiger partial charge < -0.3 is 14.2 Å². The molecule has 1 heterocycles. The summed E-state index contributed by atoms with van der Waals surface area (Å²) in [5.41, 5.74) is 1.57. The highest BCUT2D eigenvalue weighted by Crippen LogP contribution is 2.38. The minimum absolute atomic E-state index is 0.0155. The zero-order valence-electron chi connectivity index (χ0n) is 18.4. The van der Waals surface area contributed by atoms with E-state index in [9.17, 15) is 19.3 Å². The minimum Gasteiger partial charge on any atom is -0.490 e. The summed E-state index contributed by atoms with van der Waals surface area (Å²) in [6.07, 6.45) is 1.52. The molecule has 0 radical (unpaired) electrons. The Bertz CT molecular complexity index is 1370. The molecule has 10 heteroatoms. The standard InChI is InChI=1S/C25H18BrFN2O6/c1-2-33-22-12-16(11-21-25(30)35-24(28-21)17-6-4-7-18(27)13-17)10-20(26)23(22)34-14-15-5-3-8-19(9-15)29(31)32/h3-13H,2,14H2,1H3/b21-11-. The number of non-ortho nitro benzene ring substituents is 1. The van der Waals surface area contributed by atoms with Crippen LogP contribution in [0.5, 0.6) is 11.5 Å². The van der Waals surface area contributed by atoms with E-state index in [1.54, 1.807) is 30.3 Å². The van der Waals surface area contributed by atoms with E-state index in [1.165, 1.54) is 36.4 Å². The molecule has 1 aliphatic rings. The molecular formula is C25H18BrFN2O6. The van der Waals surface area contributed by atoms with Crippen LogP contribution in [0.25, 0.3) is 6.08 Å². The Morgan fingerprint density at radius 3 is 2.69 bits per heavy atom. The van der Waals surface area contributed by atoms with Gasteiger partial charge in [0.15, 0.2) is 17.2 Å². The fourth-order valence-corrected chi connectivity index (χ4v) is 3.88. The molecule has 35 heavy (non-hydrogen) atoms. The number of carbonyl (C=O) groups excluding carboxylic acids is 1. The first-order chi connectivity index (χ1) is 16.8. The molecule has 3 aromatic rings. The Morgan fingerprint density at radius 2 is 1.94 bits per heavy atom. The Kier molecular flexibility index (Phi) is 7.21. The van der Waals surface area contributed by atoms with Gasteiger partial charge in [0.05, 0.1) is 16.0 Å². The van der Waals surface area contributed by atoms with Gasteiger partial charge in [0, 0.05) is 17.7 Å². The van der Waals surface area contributed by atoms with Crippen LogP contribution in [0.4, 0.5) is 10.1 Å². The van der Waals surface area contributed by atoms with Gasteiger partial charge in [-0.3, -0.25) is 10.1 Å². The first kappa shape index (κ1) is 24.1. The third-order valence-electron chi connectivity index (χ3n) is 4.83. The molecule has 0 saturated heterocycles. The Labute approximate surface area is 207 Å². The van der Waals surface area contributed by atoms with Crippen LogP contribution in [-0.2, 0) is 16.1 Å². The molecule has 0 unspecified atom stereocenters. The number of nitro benzene ring substituents is 1. The van der Waals surface area contributed by atoms with Crippen LogP contribution in [0, 0.1) is 15.9 Å². The van der Waals surface area contributed by atoms with E-state index in [0.717, 1.165) is 0 Å². The second-order valence-corrected chi connectivity index (χ2v) is 8.18. The van der Waals surface area contributed by atoms with Crippen LogP contribution in [0.3, 0.4) is 0 Å². The number of esters is 1. The minimum atomic E-state index is -0.663. The largest absolute Gasteiger partial charge is 0.490 e. The second-order valence-electron chi connectivity index (χ2n) is 7.33. The van der Waals surface area contributed by atoms with Crippen LogP contribution >= 0.6 is 15.9 Å². The summed E-state index contributed by atoms with van der Waals surface area (Å²) in [6.45, 7) is 2.24. The van der Waals surface area contributed by atoms with Gasteiger partial charge in [-0.1, -0.05) is 18.2 Å². The van der Waals surface area contributed by atoms with Gasteiger partial charge in [-0.15, -0.1) is 0 Å². The molecule has 0 aliphatic carbocycles. The maximum atomic E-state index is 13.5. The fraction of sp³-hybridized carbons (Fsp3) is 0.120. The molecule has 0 spiro atoms. The average Bonchev–Trinajstić information content (AvgIpc) is 3.19. The first-order valence-corrected chi connectivity index (χ1v) is 11.2. The summed E-state index contributed by atoms with van der Waals surface area (Å²) >= 11 is 3.46. The lowest BCUT2D eigenvalue weighted by Gasteiger charge is -2.15. The van der Waals surface area contributed by atoms with E-state index in [2.05, 4.69) is 20.9 Å². The summed E-state index contributed by atoms with van der Waals surface area (Å²) in [4.78, 5) is 27.1.